The van der Waals surface area contributed by atoms with Gasteiger partial charge in [-0.3, -0.25) is 0 Å². The van der Waals surface area contributed by atoms with Crippen LogP contribution in [0.4, 0.5) is 13.2 Å². The first-order valence-corrected chi connectivity index (χ1v) is 12.1. The van der Waals surface area contributed by atoms with E-state index < -0.39 is 21.9 Å². The van der Waals surface area contributed by atoms with Crippen molar-refractivity contribution in [2.75, 3.05) is 0 Å². The largest absolute Gasteiger partial charge is 0.435 e. The average Bonchev–Trinajstić information content (AvgIpc) is 3.23. The van der Waals surface area contributed by atoms with Gasteiger partial charge in [0, 0.05) is 5.56 Å². The Morgan fingerprint density at radius 2 is 1.32 bits per heavy atom. The van der Waals surface area contributed by atoms with Crippen LogP contribution in [0, 0.1) is 0 Å². The molecule has 12 heteroatoms. The Bertz CT molecular complexity index is 1460. The molecule has 0 bridgehead atoms. The van der Waals surface area contributed by atoms with Crippen molar-refractivity contribution < 1.29 is 21.6 Å². The number of aromatic nitrogens is 2. The maximum atomic E-state index is 13.4. The quantitative estimate of drug-likeness (QED) is 0.285. The first-order chi connectivity index (χ1) is 15.8. The van der Waals surface area contributed by atoms with E-state index in [1.54, 1.807) is 36.4 Å². The van der Waals surface area contributed by atoms with E-state index in [0.29, 0.717) is 16.7 Å². The lowest BCUT2D eigenvalue weighted by atomic mass is 10.0. The Morgan fingerprint density at radius 3 is 1.82 bits per heavy atom. The average molecular weight is 547 g/mol. The summed E-state index contributed by atoms with van der Waals surface area (Å²) in [6, 6.07) is 15.8. The molecule has 4 aromatic rings. The first kappa shape index (κ1) is 24.6. The van der Waals surface area contributed by atoms with E-state index in [1.165, 1.54) is 24.3 Å². The Kier molecular flexibility index (Phi) is 6.43. The van der Waals surface area contributed by atoms with Crippen molar-refractivity contribution in [3.63, 3.8) is 0 Å². The predicted octanol–water partition coefficient (Wildman–Crippen LogP) is 6.83. The van der Waals surface area contributed by atoms with Crippen molar-refractivity contribution in [1.29, 1.82) is 0 Å². The second-order valence-electron chi connectivity index (χ2n) is 7.19. The number of benzene rings is 3. The van der Waals surface area contributed by atoms with E-state index >= 15 is 0 Å². The second kappa shape index (κ2) is 8.90. The first-order valence-electron chi connectivity index (χ1n) is 9.40. The van der Waals surface area contributed by atoms with Crippen LogP contribution in [0.5, 0.6) is 0 Å². The number of sulfonamides is 1. The molecule has 0 aliphatic heterocycles. The van der Waals surface area contributed by atoms with Crippen LogP contribution in [-0.2, 0) is 16.2 Å². The molecule has 0 saturated carbocycles. The third-order valence-corrected chi connectivity index (χ3v) is 7.03. The van der Waals surface area contributed by atoms with Gasteiger partial charge < -0.3 is 0 Å². The highest BCUT2D eigenvalue weighted by Crippen LogP contribution is 2.37. The molecule has 0 spiro atoms. The van der Waals surface area contributed by atoms with Crippen molar-refractivity contribution in [1.82, 2.24) is 9.78 Å². The Hall–Kier alpha value is -2.56. The van der Waals surface area contributed by atoms with Crippen molar-refractivity contribution >= 4 is 44.8 Å². The van der Waals surface area contributed by atoms with Crippen LogP contribution >= 0.6 is 34.8 Å². The minimum absolute atomic E-state index is 0.148. The molecule has 0 fully saturated rings. The van der Waals surface area contributed by atoms with Crippen LogP contribution < -0.4 is 5.14 Å². The molecule has 0 saturated heterocycles. The zero-order valence-electron chi connectivity index (χ0n) is 16.8. The van der Waals surface area contributed by atoms with Gasteiger partial charge in [0.1, 0.15) is 0 Å². The fourth-order valence-electron chi connectivity index (χ4n) is 3.25. The highest BCUT2D eigenvalue weighted by molar-refractivity contribution is 7.89. The molecular formula is C22H13Cl3F3N3O2S. The normalized spacial score (nSPS) is 12.2. The summed E-state index contributed by atoms with van der Waals surface area (Å²) in [6.45, 7) is 0. The number of nitrogens with zero attached hydrogens (tertiary/aromatic N) is 2. The van der Waals surface area contributed by atoms with E-state index in [0.717, 1.165) is 10.7 Å². The number of alkyl halides is 3. The van der Waals surface area contributed by atoms with Gasteiger partial charge >= 0.3 is 6.18 Å². The summed E-state index contributed by atoms with van der Waals surface area (Å²) in [4.78, 5) is -0.175. The molecule has 0 atom stereocenters. The summed E-state index contributed by atoms with van der Waals surface area (Å²) in [6.07, 6.45) is -4.68. The molecule has 3 aromatic carbocycles. The number of nitrogens with two attached hydrogens (primary N) is 1. The number of primary sulfonamides is 1. The van der Waals surface area contributed by atoms with Crippen LogP contribution in [0.1, 0.15) is 5.69 Å². The van der Waals surface area contributed by atoms with Gasteiger partial charge in [-0.2, -0.15) is 18.3 Å². The molecule has 1 aromatic heterocycles. The number of hydrogen-bond acceptors (Lipinski definition) is 3. The fourth-order valence-corrected chi connectivity index (χ4v) is 4.37. The van der Waals surface area contributed by atoms with Gasteiger partial charge in [0.2, 0.25) is 10.0 Å². The van der Waals surface area contributed by atoms with Crippen LogP contribution in [-0.4, -0.2) is 18.2 Å². The van der Waals surface area contributed by atoms with Crippen molar-refractivity contribution in [3.8, 4) is 28.1 Å². The molecule has 0 aliphatic rings. The summed E-state index contributed by atoms with van der Waals surface area (Å²) in [7, 11) is -3.96. The highest BCUT2D eigenvalue weighted by atomic mass is 35.5. The van der Waals surface area contributed by atoms with Crippen molar-refractivity contribution in [2.24, 2.45) is 5.14 Å². The van der Waals surface area contributed by atoms with Crippen LogP contribution in [0.15, 0.2) is 71.6 Å². The zero-order chi connectivity index (χ0) is 24.8. The topological polar surface area (TPSA) is 78.0 Å². The lowest BCUT2D eigenvalue weighted by Crippen LogP contribution is -2.12. The number of halogens is 6. The molecule has 4 rings (SSSR count). The molecule has 0 aliphatic carbocycles. The summed E-state index contributed by atoms with van der Waals surface area (Å²) in [5.74, 6) is 0. The van der Waals surface area contributed by atoms with Gasteiger partial charge in [-0.1, -0.05) is 59.1 Å². The van der Waals surface area contributed by atoms with E-state index in [4.69, 9.17) is 39.9 Å². The maximum absolute atomic E-state index is 13.4. The van der Waals surface area contributed by atoms with E-state index in [9.17, 15) is 21.6 Å². The molecule has 176 valence electrons. The smallest absolute Gasteiger partial charge is 0.233 e. The van der Waals surface area contributed by atoms with Crippen molar-refractivity contribution in [2.45, 2.75) is 11.1 Å². The molecule has 0 radical (unpaired) electrons. The maximum Gasteiger partial charge on any atom is 0.435 e. The molecule has 0 unspecified atom stereocenters. The van der Waals surface area contributed by atoms with Gasteiger partial charge in [-0.05, 0) is 53.6 Å². The molecule has 34 heavy (non-hydrogen) atoms. The number of rotatable bonds is 4. The summed E-state index contributed by atoms with van der Waals surface area (Å²) >= 11 is 18.2. The molecule has 2 N–H and O–H groups in total. The molecular weight excluding hydrogens is 534 g/mol. The number of hydrogen-bond donors (Lipinski definition) is 1. The molecule has 1 heterocycles. The van der Waals surface area contributed by atoms with Crippen LogP contribution in [0.25, 0.3) is 28.1 Å². The van der Waals surface area contributed by atoms with Gasteiger partial charge in [0.25, 0.3) is 0 Å². The van der Waals surface area contributed by atoms with Crippen LogP contribution in [0.2, 0.25) is 15.1 Å². The summed E-state index contributed by atoms with van der Waals surface area (Å²) in [5, 5.41) is 9.55. The summed E-state index contributed by atoms with van der Waals surface area (Å²) < 4.78 is 64.3. The van der Waals surface area contributed by atoms with Gasteiger partial charge in [0.05, 0.1) is 31.3 Å². The van der Waals surface area contributed by atoms with Crippen LogP contribution in [0.3, 0.4) is 0 Å². The standard InChI is InChI=1S/C22H13Cl3F3N3O2S/c23-17-9-14(10-18(24)21(17)25)12-1-3-13(4-2-12)19-11-20(22(26,27)28)30-31(19)15-5-7-16(8-6-15)34(29,32)33/h1-11H,(H2,29,32,33). The van der Waals surface area contributed by atoms with Crippen molar-refractivity contribution in [3.05, 3.63) is 87.5 Å². The predicted molar refractivity (Wildman–Crippen MR) is 126 cm³/mol. The minimum Gasteiger partial charge on any atom is -0.233 e. The highest BCUT2D eigenvalue weighted by Gasteiger charge is 2.35. The Balaban J connectivity index is 1.79. The molecule has 5 nitrogen and oxygen atoms in total. The SMILES string of the molecule is NS(=O)(=O)c1ccc(-n2nc(C(F)(F)F)cc2-c2ccc(-c3cc(Cl)c(Cl)c(Cl)c3)cc2)cc1. The van der Waals surface area contributed by atoms with E-state index in [-0.39, 0.29) is 31.3 Å². The lowest BCUT2D eigenvalue weighted by Gasteiger charge is -2.10. The van der Waals surface area contributed by atoms with Gasteiger partial charge in [-0.15, -0.1) is 0 Å². The molecule has 0 amide bonds. The zero-order valence-corrected chi connectivity index (χ0v) is 19.9. The van der Waals surface area contributed by atoms with Gasteiger partial charge in [0.15, 0.2) is 5.69 Å². The fraction of sp³-hybridized carbons (Fsp3) is 0.0455. The third kappa shape index (κ3) is 4.94. The summed E-state index contributed by atoms with van der Waals surface area (Å²) in [5.41, 5.74) is 1.09. The third-order valence-electron chi connectivity index (χ3n) is 4.91. The van der Waals surface area contributed by atoms with Gasteiger partial charge in [-0.25, -0.2) is 18.2 Å². The monoisotopic (exact) mass is 545 g/mol. The minimum atomic E-state index is -4.68. The lowest BCUT2D eigenvalue weighted by molar-refractivity contribution is -0.141. The van der Waals surface area contributed by atoms with E-state index in [1.807, 2.05) is 0 Å². The second-order valence-corrected chi connectivity index (χ2v) is 9.95. The Labute approximate surface area is 207 Å². The Morgan fingerprint density at radius 1 is 0.794 bits per heavy atom. The van der Waals surface area contributed by atoms with E-state index in [2.05, 4.69) is 5.10 Å².